The van der Waals surface area contributed by atoms with Gasteiger partial charge in [0.05, 0.1) is 17.8 Å². The molecule has 0 amide bonds. The van der Waals surface area contributed by atoms with Gasteiger partial charge in [-0.05, 0) is 26.8 Å². The molecule has 2 rings (SSSR count). The molecule has 0 fully saturated rings. The maximum Gasteiger partial charge on any atom is 0.337 e. The highest BCUT2D eigenvalue weighted by Gasteiger charge is 2.14. The van der Waals surface area contributed by atoms with Crippen molar-refractivity contribution in [2.75, 3.05) is 0 Å². The number of aromatic nitrogens is 2. The highest BCUT2D eigenvalue weighted by molar-refractivity contribution is 5.88. The van der Waals surface area contributed by atoms with Gasteiger partial charge in [0.1, 0.15) is 5.76 Å². The van der Waals surface area contributed by atoms with Crippen LogP contribution in [0.25, 0.3) is 0 Å². The van der Waals surface area contributed by atoms with Crippen LogP contribution in [-0.2, 0) is 6.54 Å². The van der Waals surface area contributed by atoms with E-state index in [1.54, 1.807) is 19.2 Å². The molecule has 0 unspecified atom stereocenters. The summed E-state index contributed by atoms with van der Waals surface area (Å²) in [5.41, 5.74) is 2.90. The Morgan fingerprint density at radius 2 is 2.18 bits per heavy atom. The number of hydrogen-bond acceptors (Lipinski definition) is 3. The third-order valence-electron chi connectivity index (χ3n) is 2.98. The second-order valence-electron chi connectivity index (χ2n) is 4.05. The number of rotatable bonds is 3. The van der Waals surface area contributed by atoms with Gasteiger partial charge in [-0.3, -0.25) is 0 Å². The van der Waals surface area contributed by atoms with Crippen molar-refractivity contribution in [3.05, 3.63) is 40.5 Å². The van der Waals surface area contributed by atoms with E-state index in [0.717, 1.165) is 22.7 Å². The van der Waals surface area contributed by atoms with Crippen LogP contribution in [0.5, 0.6) is 0 Å². The smallest absolute Gasteiger partial charge is 0.337 e. The largest absolute Gasteiger partial charge is 0.478 e. The normalized spacial score (nSPS) is 10.8. The van der Waals surface area contributed by atoms with Gasteiger partial charge in [-0.25, -0.2) is 4.79 Å². The molecule has 90 valence electrons. The number of aromatic carboxylic acids is 1. The number of carboxylic acid groups (broad SMARTS) is 1. The van der Waals surface area contributed by atoms with Crippen LogP contribution in [0.1, 0.15) is 33.1 Å². The van der Waals surface area contributed by atoms with Crippen molar-refractivity contribution in [2.24, 2.45) is 0 Å². The van der Waals surface area contributed by atoms with Crippen molar-refractivity contribution in [3.63, 3.8) is 0 Å². The first-order chi connectivity index (χ1) is 8.00. The van der Waals surface area contributed by atoms with E-state index in [1.807, 2.05) is 18.4 Å². The summed E-state index contributed by atoms with van der Waals surface area (Å²) >= 11 is 0. The third kappa shape index (κ3) is 1.95. The molecule has 2 aromatic heterocycles. The Kier molecular flexibility index (Phi) is 2.75. The summed E-state index contributed by atoms with van der Waals surface area (Å²) in [6.45, 7) is 6.11. The predicted octanol–water partition coefficient (Wildman–Crippen LogP) is 2.15. The summed E-state index contributed by atoms with van der Waals surface area (Å²) in [6, 6.07) is 1.61. The zero-order valence-corrected chi connectivity index (χ0v) is 10.0. The molecule has 0 saturated carbocycles. The molecule has 5 heteroatoms. The van der Waals surface area contributed by atoms with Crippen LogP contribution in [-0.4, -0.2) is 20.8 Å². The minimum absolute atomic E-state index is 0.330. The molecule has 0 saturated heterocycles. The first kappa shape index (κ1) is 11.4. The second kappa shape index (κ2) is 4.08. The summed E-state index contributed by atoms with van der Waals surface area (Å²) in [4.78, 5) is 10.9. The average molecular weight is 234 g/mol. The van der Waals surface area contributed by atoms with Crippen LogP contribution in [0.4, 0.5) is 0 Å². The van der Waals surface area contributed by atoms with E-state index in [0.29, 0.717) is 12.1 Å². The van der Waals surface area contributed by atoms with Gasteiger partial charge in [-0.1, -0.05) is 5.16 Å². The van der Waals surface area contributed by atoms with Crippen molar-refractivity contribution in [2.45, 2.75) is 27.3 Å². The number of hydrogen-bond donors (Lipinski definition) is 1. The number of carboxylic acids is 1. The molecule has 2 aromatic rings. The Morgan fingerprint density at radius 3 is 2.65 bits per heavy atom. The first-order valence-corrected chi connectivity index (χ1v) is 5.31. The molecule has 0 aliphatic carbocycles. The Hall–Kier alpha value is -2.04. The van der Waals surface area contributed by atoms with E-state index in [2.05, 4.69) is 5.16 Å². The van der Waals surface area contributed by atoms with Crippen molar-refractivity contribution < 1.29 is 14.4 Å². The van der Waals surface area contributed by atoms with Gasteiger partial charge in [0, 0.05) is 17.5 Å². The van der Waals surface area contributed by atoms with Gasteiger partial charge in [0.2, 0.25) is 0 Å². The van der Waals surface area contributed by atoms with E-state index in [1.165, 1.54) is 0 Å². The maximum atomic E-state index is 10.9. The highest BCUT2D eigenvalue weighted by Crippen LogP contribution is 2.17. The van der Waals surface area contributed by atoms with Gasteiger partial charge >= 0.3 is 5.97 Å². The minimum atomic E-state index is -0.903. The van der Waals surface area contributed by atoms with Gasteiger partial charge in [-0.2, -0.15) is 0 Å². The third-order valence-corrected chi connectivity index (χ3v) is 2.98. The molecular formula is C12H14N2O3. The monoisotopic (exact) mass is 234 g/mol. The van der Waals surface area contributed by atoms with Crippen molar-refractivity contribution in [3.8, 4) is 0 Å². The summed E-state index contributed by atoms with van der Waals surface area (Å²) in [5, 5.41) is 12.8. The molecule has 17 heavy (non-hydrogen) atoms. The molecule has 0 bridgehead atoms. The van der Waals surface area contributed by atoms with Crippen molar-refractivity contribution in [1.82, 2.24) is 9.72 Å². The standard InChI is InChI=1S/C12H14N2O3/c1-7-11(9(3)17-13-7)6-14-5-4-10(8(14)2)12(15)16/h4-5H,6H2,1-3H3,(H,15,16). The van der Waals surface area contributed by atoms with Crippen LogP contribution in [0.3, 0.4) is 0 Å². The van der Waals surface area contributed by atoms with E-state index in [-0.39, 0.29) is 0 Å². The number of aryl methyl sites for hydroxylation is 2. The zero-order valence-electron chi connectivity index (χ0n) is 10.0. The number of carbonyl (C=O) groups is 1. The van der Waals surface area contributed by atoms with E-state index < -0.39 is 5.97 Å². The average Bonchev–Trinajstić information content (AvgIpc) is 2.77. The van der Waals surface area contributed by atoms with Crippen LogP contribution >= 0.6 is 0 Å². The molecule has 0 aliphatic heterocycles. The maximum absolute atomic E-state index is 10.9. The van der Waals surface area contributed by atoms with Crippen LogP contribution < -0.4 is 0 Å². The second-order valence-corrected chi connectivity index (χ2v) is 4.05. The molecular weight excluding hydrogens is 220 g/mol. The quantitative estimate of drug-likeness (QED) is 0.883. The molecule has 0 aromatic carbocycles. The molecule has 0 aliphatic rings. The number of nitrogens with zero attached hydrogens (tertiary/aromatic N) is 2. The van der Waals surface area contributed by atoms with Crippen molar-refractivity contribution >= 4 is 5.97 Å². The van der Waals surface area contributed by atoms with Gasteiger partial charge < -0.3 is 14.2 Å². The zero-order chi connectivity index (χ0) is 12.6. The van der Waals surface area contributed by atoms with Crippen LogP contribution in [0.15, 0.2) is 16.8 Å². The van der Waals surface area contributed by atoms with Crippen molar-refractivity contribution in [1.29, 1.82) is 0 Å². The van der Waals surface area contributed by atoms with Crippen LogP contribution in [0, 0.1) is 20.8 Å². The fraction of sp³-hybridized carbons (Fsp3) is 0.333. The Balaban J connectivity index is 2.34. The highest BCUT2D eigenvalue weighted by atomic mass is 16.5. The summed E-state index contributed by atoms with van der Waals surface area (Å²) in [6.07, 6.45) is 1.77. The van der Waals surface area contributed by atoms with Gasteiger partial charge in [0.25, 0.3) is 0 Å². The molecule has 0 spiro atoms. The topological polar surface area (TPSA) is 68.3 Å². The van der Waals surface area contributed by atoms with E-state index in [4.69, 9.17) is 9.63 Å². The minimum Gasteiger partial charge on any atom is -0.478 e. The van der Waals surface area contributed by atoms with Gasteiger partial charge in [-0.15, -0.1) is 0 Å². The summed E-state index contributed by atoms with van der Waals surface area (Å²) in [7, 11) is 0. The Morgan fingerprint density at radius 1 is 1.47 bits per heavy atom. The van der Waals surface area contributed by atoms with E-state index >= 15 is 0 Å². The summed E-state index contributed by atoms with van der Waals surface area (Å²) in [5.74, 6) is -0.132. The van der Waals surface area contributed by atoms with Crippen LogP contribution in [0.2, 0.25) is 0 Å². The summed E-state index contributed by atoms with van der Waals surface area (Å²) < 4.78 is 6.97. The molecule has 1 N–H and O–H groups in total. The molecule has 0 radical (unpaired) electrons. The molecule has 2 heterocycles. The Labute approximate surface area is 98.7 Å². The van der Waals surface area contributed by atoms with Gasteiger partial charge in [0.15, 0.2) is 0 Å². The Bertz CT molecular complexity index is 547. The lowest BCUT2D eigenvalue weighted by Gasteiger charge is -2.06. The lowest BCUT2D eigenvalue weighted by atomic mass is 10.2. The fourth-order valence-electron chi connectivity index (χ4n) is 1.85. The predicted molar refractivity (Wildman–Crippen MR) is 61.2 cm³/mol. The molecule has 0 atom stereocenters. The molecule has 5 nitrogen and oxygen atoms in total. The lowest BCUT2D eigenvalue weighted by molar-refractivity contribution is 0.0696. The first-order valence-electron chi connectivity index (χ1n) is 5.31. The fourth-order valence-corrected chi connectivity index (χ4v) is 1.85. The lowest BCUT2D eigenvalue weighted by Crippen LogP contribution is -2.05. The SMILES string of the molecule is Cc1noc(C)c1Cn1ccc(C(=O)O)c1C. The van der Waals surface area contributed by atoms with E-state index in [9.17, 15) is 4.79 Å².